The van der Waals surface area contributed by atoms with Gasteiger partial charge in [0.2, 0.25) is 5.91 Å². The Hall–Kier alpha value is -2.65. The lowest BCUT2D eigenvalue weighted by molar-refractivity contribution is -0.120. The van der Waals surface area contributed by atoms with Gasteiger partial charge in [0.25, 0.3) is 0 Å². The van der Waals surface area contributed by atoms with Crippen LogP contribution in [0.25, 0.3) is 10.8 Å². The van der Waals surface area contributed by atoms with E-state index in [1.165, 1.54) is 5.39 Å². The summed E-state index contributed by atoms with van der Waals surface area (Å²) in [6, 6.07) is 24.5. The van der Waals surface area contributed by atoms with Gasteiger partial charge in [0.1, 0.15) is 0 Å². The molecule has 0 radical (unpaired) electrons. The summed E-state index contributed by atoms with van der Waals surface area (Å²) >= 11 is 0. The third-order valence-electron chi connectivity index (χ3n) is 4.26. The second kappa shape index (κ2) is 5.28. The van der Waals surface area contributed by atoms with Crippen molar-refractivity contribution in [3.8, 4) is 0 Å². The quantitative estimate of drug-likeness (QED) is 0.759. The van der Waals surface area contributed by atoms with Crippen molar-refractivity contribution >= 4 is 16.7 Å². The van der Waals surface area contributed by atoms with Crippen LogP contribution in [0.4, 0.5) is 0 Å². The third-order valence-corrected chi connectivity index (χ3v) is 4.26. The lowest BCUT2D eigenvalue weighted by Crippen LogP contribution is -2.27. The molecule has 1 amide bonds. The Labute approximate surface area is 128 Å². The van der Waals surface area contributed by atoms with E-state index in [1.807, 2.05) is 42.5 Å². The molecule has 3 nitrogen and oxygen atoms in total. The lowest BCUT2D eigenvalue weighted by atomic mass is 9.87. The molecule has 1 aliphatic rings. The lowest BCUT2D eigenvalue weighted by Gasteiger charge is -2.17. The SMILES string of the molecule is O=C1NN[C@@H](c2ccccc2)[C@@H]1c1ccc2ccccc2c1. The highest BCUT2D eigenvalue weighted by atomic mass is 16.2. The third kappa shape index (κ3) is 2.16. The predicted molar refractivity (Wildman–Crippen MR) is 87.2 cm³/mol. The van der Waals surface area contributed by atoms with E-state index in [1.54, 1.807) is 0 Å². The minimum Gasteiger partial charge on any atom is -0.290 e. The van der Waals surface area contributed by atoms with Gasteiger partial charge in [-0.3, -0.25) is 10.2 Å². The molecule has 1 aliphatic heterocycles. The molecule has 0 spiro atoms. The Morgan fingerprint density at radius 1 is 0.727 bits per heavy atom. The summed E-state index contributed by atoms with van der Waals surface area (Å²) in [4.78, 5) is 12.3. The average Bonchev–Trinajstić information content (AvgIpc) is 2.97. The van der Waals surface area contributed by atoms with Crippen LogP contribution in [0.15, 0.2) is 72.8 Å². The van der Waals surface area contributed by atoms with Gasteiger partial charge in [-0.25, -0.2) is 5.43 Å². The van der Waals surface area contributed by atoms with Crippen LogP contribution in [-0.2, 0) is 4.79 Å². The summed E-state index contributed by atoms with van der Waals surface area (Å²) in [6.45, 7) is 0. The van der Waals surface area contributed by atoms with E-state index in [0.29, 0.717) is 0 Å². The second-order valence-corrected chi connectivity index (χ2v) is 5.61. The normalized spacial score (nSPS) is 21.0. The molecule has 108 valence electrons. The Balaban J connectivity index is 1.78. The molecule has 1 saturated heterocycles. The van der Waals surface area contributed by atoms with E-state index in [4.69, 9.17) is 0 Å². The van der Waals surface area contributed by atoms with Gasteiger partial charge >= 0.3 is 0 Å². The molecule has 1 fully saturated rings. The van der Waals surface area contributed by atoms with Crippen LogP contribution in [0.2, 0.25) is 0 Å². The fraction of sp³-hybridized carbons (Fsp3) is 0.105. The minimum absolute atomic E-state index is 0.0177. The minimum atomic E-state index is -0.216. The van der Waals surface area contributed by atoms with Crippen molar-refractivity contribution < 1.29 is 4.79 Å². The Bertz CT molecular complexity index is 829. The molecule has 0 saturated carbocycles. The highest BCUT2D eigenvalue weighted by molar-refractivity contribution is 5.89. The maximum absolute atomic E-state index is 12.3. The van der Waals surface area contributed by atoms with E-state index in [2.05, 4.69) is 41.2 Å². The molecule has 0 aromatic heterocycles. The van der Waals surface area contributed by atoms with E-state index in [-0.39, 0.29) is 17.9 Å². The zero-order chi connectivity index (χ0) is 14.9. The summed E-state index contributed by atoms with van der Waals surface area (Å²) in [7, 11) is 0. The van der Waals surface area contributed by atoms with E-state index < -0.39 is 0 Å². The number of hydrazine groups is 1. The molecule has 0 bridgehead atoms. The first-order valence-electron chi connectivity index (χ1n) is 7.42. The number of benzene rings is 3. The van der Waals surface area contributed by atoms with Gasteiger partial charge in [-0.05, 0) is 21.9 Å². The number of carbonyl (C=O) groups excluding carboxylic acids is 1. The zero-order valence-electron chi connectivity index (χ0n) is 12.0. The van der Waals surface area contributed by atoms with Crippen LogP contribution in [0.5, 0.6) is 0 Å². The van der Waals surface area contributed by atoms with Crippen molar-refractivity contribution in [3.05, 3.63) is 83.9 Å². The van der Waals surface area contributed by atoms with Crippen LogP contribution in [-0.4, -0.2) is 5.91 Å². The van der Waals surface area contributed by atoms with Crippen molar-refractivity contribution in [3.63, 3.8) is 0 Å². The van der Waals surface area contributed by atoms with Crippen molar-refractivity contribution in [2.45, 2.75) is 12.0 Å². The number of rotatable bonds is 2. The summed E-state index contributed by atoms with van der Waals surface area (Å²) in [5.41, 5.74) is 8.04. The van der Waals surface area contributed by atoms with Crippen molar-refractivity contribution in [1.29, 1.82) is 0 Å². The second-order valence-electron chi connectivity index (χ2n) is 5.61. The first kappa shape index (κ1) is 13.0. The highest BCUT2D eigenvalue weighted by Gasteiger charge is 2.36. The summed E-state index contributed by atoms with van der Waals surface area (Å²) in [6.07, 6.45) is 0. The summed E-state index contributed by atoms with van der Waals surface area (Å²) < 4.78 is 0. The molecular formula is C19H16N2O. The molecule has 3 aromatic carbocycles. The standard InChI is InChI=1S/C19H16N2O/c22-19-17(18(20-21-19)14-7-2-1-3-8-14)16-11-10-13-6-4-5-9-15(13)12-16/h1-12,17-18,20H,(H,21,22)/t17-,18-/m0/s1. The molecule has 2 N–H and O–H groups in total. The van der Waals surface area contributed by atoms with Gasteiger partial charge in [0.05, 0.1) is 12.0 Å². The Kier molecular flexibility index (Phi) is 3.13. The fourth-order valence-electron chi connectivity index (χ4n) is 3.14. The van der Waals surface area contributed by atoms with E-state index >= 15 is 0 Å². The predicted octanol–water partition coefficient (Wildman–Crippen LogP) is 3.30. The van der Waals surface area contributed by atoms with Gasteiger partial charge in [-0.2, -0.15) is 0 Å². The largest absolute Gasteiger partial charge is 0.290 e. The topological polar surface area (TPSA) is 41.1 Å². The molecular weight excluding hydrogens is 272 g/mol. The number of hydrogen-bond acceptors (Lipinski definition) is 2. The van der Waals surface area contributed by atoms with Gasteiger partial charge in [-0.1, -0.05) is 72.8 Å². The van der Waals surface area contributed by atoms with Crippen LogP contribution in [0.1, 0.15) is 23.1 Å². The summed E-state index contributed by atoms with van der Waals surface area (Å²) in [5, 5.41) is 2.35. The monoisotopic (exact) mass is 288 g/mol. The van der Waals surface area contributed by atoms with Crippen molar-refractivity contribution in [1.82, 2.24) is 10.9 Å². The molecule has 4 rings (SSSR count). The first-order valence-corrected chi connectivity index (χ1v) is 7.42. The molecule has 0 aliphatic carbocycles. The number of fused-ring (bicyclic) bond motifs is 1. The average molecular weight is 288 g/mol. The molecule has 1 heterocycles. The van der Waals surface area contributed by atoms with Crippen molar-refractivity contribution in [2.75, 3.05) is 0 Å². The number of carbonyl (C=O) groups is 1. The van der Waals surface area contributed by atoms with Crippen LogP contribution in [0.3, 0.4) is 0 Å². The van der Waals surface area contributed by atoms with Crippen LogP contribution in [0, 0.1) is 0 Å². The van der Waals surface area contributed by atoms with Gasteiger partial charge in [0.15, 0.2) is 0 Å². The Morgan fingerprint density at radius 2 is 1.45 bits per heavy atom. The van der Waals surface area contributed by atoms with Crippen molar-refractivity contribution in [2.24, 2.45) is 0 Å². The fourth-order valence-corrected chi connectivity index (χ4v) is 3.14. The smallest absolute Gasteiger partial charge is 0.243 e. The molecule has 0 unspecified atom stereocenters. The molecule has 3 heteroatoms. The molecule has 22 heavy (non-hydrogen) atoms. The zero-order valence-corrected chi connectivity index (χ0v) is 12.0. The maximum Gasteiger partial charge on any atom is 0.243 e. The summed E-state index contributed by atoms with van der Waals surface area (Å²) in [5.74, 6) is -0.198. The first-order chi connectivity index (χ1) is 10.8. The molecule has 3 aromatic rings. The Morgan fingerprint density at radius 3 is 2.27 bits per heavy atom. The van der Waals surface area contributed by atoms with Gasteiger partial charge < -0.3 is 0 Å². The maximum atomic E-state index is 12.3. The van der Waals surface area contributed by atoms with E-state index in [9.17, 15) is 4.79 Å². The highest BCUT2D eigenvalue weighted by Crippen LogP contribution is 2.35. The van der Waals surface area contributed by atoms with Gasteiger partial charge in [0, 0.05) is 0 Å². The van der Waals surface area contributed by atoms with Crippen LogP contribution < -0.4 is 10.9 Å². The number of amides is 1. The molecule has 2 atom stereocenters. The van der Waals surface area contributed by atoms with Gasteiger partial charge in [-0.15, -0.1) is 0 Å². The van der Waals surface area contributed by atoms with Crippen LogP contribution >= 0.6 is 0 Å². The van der Waals surface area contributed by atoms with E-state index in [0.717, 1.165) is 16.5 Å². The number of nitrogens with one attached hydrogen (secondary N) is 2. The number of hydrogen-bond donors (Lipinski definition) is 2.